The number of aryl methyl sites for hydroxylation is 1. The van der Waals surface area contributed by atoms with E-state index in [2.05, 4.69) is 9.59 Å². The van der Waals surface area contributed by atoms with E-state index < -0.39 is 0 Å². The van der Waals surface area contributed by atoms with Crippen molar-refractivity contribution in [2.24, 2.45) is 0 Å². The van der Waals surface area contributed by atoms with Crippen LogP contribution in [0.15, 0.2) is 24.3 Å². The number of nitrogens with zero attached hydrogens (tertiary/aromatic N) is 5. The Kier molecular flexibility index (Phi) is 4.70. The van der Waals surface area contributed by atoms with Crippen LogP contribution in [0.5, 0.6) is 0 Å². The minimum Gasteiger partial charge on any atom is -0.362 e. The van der Waals surface area contributed by atoms with E-state index in [1.54, 1.807) is 23.1 Å². The van der Waals surface area contributed by atoms with E-state index in [1.807, 2.05) is 11.8 Å². The number of hydrogen-bond donors (Lipinski definition) is 0. The maximum atomic E-state index is 12.6. The van der Waals surface area contributed by atoms with Gasteiger partial charge in [0.1, 0.15) is 10.6 Å². The molecular weight excluding hydrogens is 330 g/mol. The molecule has 24 heavy (non-hydrogen) atoms. The van der Waals surface area contributed by atoms with Gasteiger partial charge in [0.25, 0.3) is 11.6 Å². The lowest BCUT2D eigenvalue weighted by atomic mass is 10.2. The number of carbonyl (C=O) groups is 1. The van der Waals surface area contributed by atoms with Crippen molar-refractivity contribution in [3.63, 3.8) is 0 Å². The van der Waals surface area contributed by atoms with Crippen LogP contribution in [0.25, 0.3) is 0 Å². The van der Waals surface area contributed by atoms with Crippen LogP contribution in [0.2, 0.25) is 0 Å². The van der Waals surface area contributed by atoms with Crippen LogP contribution in [-0.4, -0.2) is 51.5 Å². The summed E-state index contributed by atoms with van der Waals surface area (Å²) in [5, 5.41) is 15.1. The highest BCUT2D eigenvalue weighted by molar-refractivity contribution is 7.08. The Hall–Kier alpha value is -2.55. The third kappa shape index (κ3) is 3.07. The van der Waals surface area contributed by atoms with Gasteiger partial charge in [-0.05, 0) is 24.0 Å². The topological polar surface area (TPSA) is 92.5 Å². The average Bonchev–Trinajstić information content (AvgIpc) is 3.10. The van der Waals surface area contributed by atoms with E-state index in [0.717, 1.165) is 17.2 Å². The van der Waals surface area contributed by atoms with Gasteiger partial charge in [-0.3, -0.25) is 14.9 Å². The summed E-state index contributed by atoms with van der Waals surface area (Å²) < 4.78 is 3.86. The second-order valence-corrected chi connectivity index (χ2v) is 6.18. The summed E-state index contributed by atoms with van der Waals surface area (Å²) in [6.45, 7) is 4.10. The molecule has 0 saturated carbocycles. The first kappa shape index (κ1) is 16.3. The number of anilines is 1. The summed E-state index contributed by atoms with van der Waals surface area (Å²) in [5.41, 5.74) is 1.42. The van der Waals surface area contributed by atoms with Gasteiger partial charge in [0, 0.05) is 32.2 Å². The third-order valence-corrected chi connectivity index (χ3v) is 4.83. The molecule has 1 aromatic carbocycles. The number of benzene rings is 1. The molecule has 126 valence electrons. The van der Waals surface area contributed by atoms with Crippen LogP contribution >= 0.6 is 11.5 Å². The van der Waals surface area contributed by atoms with E-state index in [9.17, 15) is 14.9 Å². The third-order valence-electron chi connectivity index (χ3n) is 4.07. The second-order valence-electron chi connectivity index (χ2n) is 5.43. The van der Waals surface area contributed by atoms with Crippen LogP contribution < -0.4 is 4.90 Å². The fourth-order valence-electron chi connectivity index (χ4n) is 2.78. The predicted molar refractivity (Wildman–Crippen MR) is 90.5 cm³/mol. The number of aromatic nitrogens is 2. The first-order valence-electron chi connectivity index (χ1n) is 7.70. The lowest BCUT2D eigenvalue weighted by Crippen LogP contribution is -2.49. The van der Waals surface area contributed by atoms with Gasteiger partial charge < -0.3 is 9.80 Å². The number of rotatable bonds is 4. The Labute approximate surface area is 143 Å². The number of amides is 1. The minimum absolute atomic E-state index is 0.0518. The normalized spacial score (nSPS) is 14.7. The summed E-state index contributed by atoms with van der Waals surface area (Å²) >= 11 is 1.12. The highest BCUT2D eigenvalue weighted by atomic mass is 32.1. The summed E-state index contributed by atoms with van der Waals surface area (Å²) in [7, 11) is 0. The molecule has 0 spiro atoms. The molecule has 3 rings (SSSR count). The molecule has 1 aliphatic rings. The van der Waals surface area contributed by atoms with Gasteiger partial charge in [-0.25, -0.2) is 0 Å². The maximum Gasteiger partial charge on any atom is 0.292 e. The van der Waals surface area contributed by atoms with Crippen molar-refractivity contribution >= 4 is 28.8 Å². The van der Waals surface area contributed by atoms with Crippen molar-refractivity contribution in [1.82, 2.24) is 14.5 Å². The Bertz CT molecular complexity index is 755. The minimum atomic E-state index is -0.372. The van der Waals surface area contributed by atoms with E-state index in [-0.39, 0.29) is 16.5 Å². The quantitative estimate of drug-likeness (QED) is 0.620. The maximum absolute atomic E-state index is 12.6. The van der Waals surface area contributed by atoms with Crippen molar-refractivity contribution < 1.29 is 9.72 Å². The Morgan fingerprint density at radius 2 is 2.00 bits per heavy atom. The van der Waals surface area contributed by atoms with Gasteiger partial charge in [0.15, 0.2) is 0 Å². The summed E-state index contributed by atoms with van der Waals surface area (Å²) in [5.74, 6) is -0.0518. The summed E-state index contributed by atoms with van der Waals surface area (Å²) in [4.78, 5) is 27.7. The van der Waals surface area contributed by atoms with E-state index in [4.69, 9.17) is 0 Å². The number of hydrogen-bond acceptors (Lipinski definition) is 7. The Balaban J connectivity index is 1.70. The number of nitro benzene ring substituents is 1. The van der Waals surface area contributed by atoms with E-state index in [0.29, 0.717) is 43.2 Å². The largest absolute Gasteiger partial charge is 0.362 e. The van der Waals surface area contributed by atoms with Gasteiger partial charge in [-0.1, -0.05) is 23.5 Å². The van der Waals surface area contributed by atoms with Crippen LogP contribution in [0.4, 0.5) is 11.4 Å². The Morgan fingerprint density at radius 3 is 2.67 bits per heavy atom. The van der Waals surface area contributed by atoms with Gasteiger partial charge >= 0.3 is 0 Å². The Morgan fingerprint density at radius 1 is 1.29 bits per heavy atom. The van der Waals surface area contributed by atoms with Gasteiger partial charge in [-0.15, -0.1) is 5.10 Å². The molecule has 1 aliphatic heterocycles. The number of carbonyl (C=O) groups excluding carboxylic acids is 1. The molecule has 0 bridgehead atoms. The van der Waals surface area contributed by atoms with Crippen LogP contribution in [-0.2, 0) is 6.42 Å². The smallest absolute Gasteiger partial charge is 0.292 e. The molecule has 2 heterocycles. The lowest BCUT2D eigenvalue weighted by Gasteiger charge is -2.35. The number of para-hydroxylation sites is 2. The van der Waals surface area contributed by atoms with Crippen LogP contribution in [0.1, 0.15) is 22.3 Å². The molecule has 1 aromatic heterocycles. The first-order valence-corrected chi connectivity index (χ1v) is 8.48. The molecule has 9 heteroatoms. The highest BCUT2D eigenvalue weighted by Gasteiger charge is 2.28. The monoisotopic (exact) mass is 347 g/mol. The van der Waals surface area contributed by atoms with Crippen molar-refractivity contribution in [2.45, 2.75) is 13.3 Å². The number of nitro groups is 1. The summed E-state index contributed by atoms with van der Waals surface area (Å²) in [6, 6.07) is 6.70. The fourth-order valence-corrected chi connectivity index (χ4v) is 3.50. The molecular formula is C15H17N5O3S. The summed E-state index contributed by atoms with van der Waals surface area (Å²) in [6.07, 6.45) is 0.674. The van der Waals surface area contributed by atoms with Gasteiger partial charge in [0.05, 0.1) is 10.6 Å². The predicted octanol–water partition coefficient (Wildman–Crippen LogP) is 1.97. The molecule has 1 amide bonds. The molecule has 0 N–H and O–H groups in total. The highest BCUT2D eigenvalue weighted by Crippen LogP contribution is 2.28. The first-order chi connectivity index (χ1) is 11.6. The standard InChI is InChI=1S/C15H17N5O3S/c1-2-11-14(24-17-16-11)15(21)19-9-7-18(8-10-19)12-5-3-4-6-13(12)20(22)23/h3-6H,2,7-10H2,1H3. The molecule has 1 fully saturated rings. The molecule has 2 aromatic rings. The number of piperazine rings is 1. The average molecular weight is 347 g/mol. The van der Waals surface area contributed by atoms with E-state index >= 15 is 0 Å². The molecule has 0 unspecified atom stereocenters. The molecule has 8 nitrogen and oxygen atoms in total. The zero-order valence-corrected chi connectivity index (χ0v) is 14.0. The zero-order chi connectivity index (χ0) is 17.1. The zero-order valence-electron chi connectivity index (χ0n) is 13.2. The molecule has 0 atom stereocenters. The molecule has 0 radical (unpaired) electrons. The molecule has 0 aliphatic carbocycles. The van der Waals surface area contributed by atoms with Crippen LogP contribution in [0.3, 0.4) is 0 Å². The molecule has 1 saturated heterocycles. The van der Waals surface area contributed by atoms with Crippen molar-refractivity contribution in [2.75, 3.05) is 31.1 Å². The van der Waals surface area contributed by atoms with E-state index in [1.165, 1.54) is 6.07 Å². The van der Waals surface area contributed by atoms with Crippen molar-refractivity contribution in [3.05, 3.63) is 45.0 Å². The second kappa shape index (κ2) is 6.91. The fraction of sp³-hybridized carbons (Fsp3) is 0.400. The van der Waals surface area contributed by atoms with Gasteiger partial charge in [-0.2, -0.15) is 0 Å². The SMILES string of the molecule is CCc1nnsc1C(=O)N1CCN(c2ccccc2[N+](=O)[O-])CC1. The van der Waals surface area contributed by atoms with Crippen LogP contribution in [0, 0.1) is 10.1 Å². The lowest BCUT2D eigenvalue weighted by molar-refractivity contribution is -0.384. The van der Waals surface area contributed by atoms with Crippen molar-refractivity contribution in [1.29, 1.82) is 0 Å². The van der Waals surface area contributed by atoms with Gasteiger partial charge in [0.2, 0.25) is 0 Å². The van der Waals surface area contributed by atoms with Crippen molar-refractivity contribution in [3.8, 4) is 0 Å².